The van der Waals surface area contributed by atoms with Crippen LogP contribution in [0.4, 0.5) is 11.4 Å². The van der Waals surface area contributed by atoms with Gasteiger partial charge in [0.05, 0.1) is 19.2 Å². The third-order valence-electron chi connectivity index (χ3n) is 3.41. The largest absolute Gasteiger partial charge is 0.469 e. The molecule has 0 saturated heterocycles. The van der Waals surface area contributed by atoms with Gasteiger partial charge in [0.2, 0.25) is 5.91 Å². The number of amides is 1. The molecule has 0 bridgehead atoms. The molecule has 0 aromatic heterocycles. The smallest absolute Gasteiger partial charge is 0.308 e. The Kier molecular flexibility index (Phi) is 3.02. The second-order valence-corrected chi connectivity index (χ2v) is 4.68. The zero-order chi connectivity index (χ0) is 14.1. The van der Waals surface area contributed by atoms with Crippen molar-refractivity contribution < 1.29 is 14.3 Å². The minimum atomic E-state index is -0.638. The van der Waals surface area contributed by atoms with Crippen molar-refractivity contribution in [3.63, 3.8) is 0 Å². The minimum absolute atomic E-state index is 0.00723. The maximum absolute atomic E-state index is 12.2. The SMILES string of the molecule is COC(=O)CC1Nc2cccc3cccc(c23)NC1=O. The average Bonchev–Trinajstić information content (AvgIpc) is 2.58. The molecule has 1 unspecified atom stereocenters. The standard InChI is InChI=1S/C15H14N2O3/c1-20-13(18)8-12-15(19)17-11-7-3-5-9-4-2-6-10(16-12)14(9)11/h2-7,12,16H,8H2,1H3,(H,17,19). The Bertz CT molecular complexity index is 691. The predicted molar refractivity (Wildman–Crippen MR) is 76.6 cm³/mol. The predicted octanol–water partition coefficient (Wildman–Crippen LogP) is 2.14. The zero-order valence-corrected chi connectivity index (χ0v) is 11.0. The van der Waals surface area contributed by atoms with Crippen molar-refractivity contribution in [3.05, 3.63) is 36.4 Å². The van der Waals surface area contributed by atoms with Crippen LogP contribution in [-0.2, 0) is 14.3 Å². The van der Waals surface area contributed by atoms with Crippen LogP contribution in [0.25, 0.3) is 10.8 Å². The first kappa shape index (κ1) is 12.5. The Morgan fingerprint density at radius 1 is 1.20 bits per heavy atom. The van der Waals surface area contributed by atoms with Gasteiger partial charge in [0.1, 0.15) is 6.04 Å². The van der Waals surface area contributed by atoms with Crippen molar-refractivity contribution in [2.75, 3.05) is 17.7 Å². The maximum atomic E-state index is 12.2. The van der Waals surface area contributed by atoms with Gasteiger partial charge in [0.15, 0.2) is 0 Å². The fraction of sp³-hybridized carbons (Fsp3) is 0.200. The lowest BCUT2D eigenvalue weighted by atomic mass is 10.1. The van der Waals surface area contributed by atoms with Crippen molar-refractivity contribution in [1.82, 2.24) is 0 Å². The highest BCUT2D eigenvalue weighted by Gasteiger charge is 2.26. The molecule has 0 radical (unpaired) electrons. The lowest BCUT2D eigenvalue weighted by Gasteiger charge is -2.15. The Balaban J connectivity index is 2.05. The molecule has 0 aliphatic carbocycles. The molecule has 102 valence electrons. The summed E-state index contributed by atoms with van der Waals surface area (Å²) in [6.45, 7) is 0. The van der Waals surface area contributed by atoms with E-state index in [1.165, 1.54) is 7.11 Å². The number of rotatable bonds is 2. The van der Waals surface area contributed by atoms with Gasteiger partial charge in [-0.15, -0.1) is 0 Å². The first-order chi connectivity index (χ1) is 9.69. The van der Waals surface area contributed by atoms with Crippen LogP contribution >= 0.6 is 0 Å². The topological polar surface area (TPSA) is 67.4 Å². The van der Waals surface area contributed by atoms with Crippen molar-refractivity contribution in [3.8, 4) is 0 Å². The van der Waals surface area contributed by atoms with E-state index in [2.05, 4.69) is 15.4 Å². The number of hydrogen-bond donors (Lipinski definition) is 2. The summed E-state index contributed by atoms with van der Waals surface area (Å²) in [5.74, 6) is -0.658. The van der Waals surface area contributed by atoms with Gasteiger partial charge in [0, 0.05) is 11.1 Å². The molecule has 5 nitrogen and oxygen atoms in total. The van der Waals surface area contributed by atoms with E-state index in [0.29, 0.717) is 0 Å². The molecule has 20 heavy (non-hydrogen) atoms. The van der Waals surface area contributed by atoms with Gasteiger partial charge < -0.3 is 15.4 Å². The number of anilines is 2. The quantitative estimate of drug-likeness (QED) is 0.820. The highest BCUT2D eigenvalue weighted by molar-refractivity contribution is 6.12. The lowest BCUT2D eigenvalue weighted by Crippen LogP contribution is -2.35. The molecule has 0 fully saturated rings. The van der Waals surface area contributed by atoms with E-state index in [4.69, 9.17) is 0 Å². The number of carbonyl (C=O) groups is 2. The van der Waals surface area contributed by atoms with E-state index in [0.717, 1.165) is 22.1 Å². The monoisotopic (exact) mass is 270 g/mol. The molecule has 0 saturated carbocycles. The summed E-state index contributed by atoms with van der Waals surface area (Å²) in [7, 11) is 1.31. The average molecular weight is 270 g/mol. The van der Waals surface area contributed by atoms with Crippen LogP contribution in [0.3, 0.4) is 0 Å². The molecule has 1 aliphatic rings. The van der Waals surface area contributed by atoms with E-state index in [1.807, 2.05) is 36.4 Å². The molecule has 2 aromatic carbocycles. The van der Waals surface area contributed by atoms with Crippen molar-refractivity contribution in [1.29, 1.82) is 0 Å². The van der Waals surface area contributed by atoms with Gasteiger partial charge in [-0.1, -0.05) is 24.3 Å². The molecule has 1 amide bonds. The summed E-state index contributed by atoms with van der Waals surface area (Å²) < 4.78 is 4.63. The molecule has 1 atom stereocenters. The molecule has 3 rings (SSSR count). The highest BCUT2D eigenvalue weighted by Crippen LogP contribution is 2.33. The molecule has 5 heteroatoms. The normalized spacial score (nSPS) is 17.1. The minimum Gasteiger partial charge on any atom is -0.469 e. The summed E-state index contributed by atoms with van der Waals surface area (Å²) in [4.78, 5) is 23.6. The van der Waals surface area contributed by atoms with Crippen LogP contribution in [0.15, 0.2) is 36.4 Å². The number of carbonyl (C=O) groups excluding carboxylic acids is 2. The molecule has 0 spiro atoms. The third kappa shape index (κ3) is 2.07. The second-order valence-electron chi connectivity index (χ2n) is 4.68. The summed E-state index contributed by atoms with van der Waals surface area (Å²) in [5, 5.41) is 7.97. The van der Waals surface area contributed by atoms with Crippen LogP contribution in [0.2, 0.25) is 0 Å². The van der Waals surface area contributed by atoms with Gasteiger partial charge in [-0.2, -0.15) is 0 Å². The van der Waals surface area contributed by atoms with Crippen molar-refractivity contribution in [2.45, 2.75) is 12.5 Å². The Morgan fingerprint density at radius 3 is 2.60 bits per heavy atom. The van der Waals surface area contributed by atoms with Crippen LogP contribution in [-0.4, -0.2) is 25.0 Å². The fourth-order valence-corrected chi connectivity index (χ4v) is 2.43. The first-order valence-corrected chi connectivity index (χ1v) is 6.35. The third-order valence-corrected chi connectivity index (χ3v) is 3.41. The van der Waals surface area contributed by atoms with E-state index in [9.17, 15) is 9.59 Å². The molecule has 1 aliphatic heterocycles. The summed E-state index contributed by atoms with van der Waals surface area (Å²) >= 11 is 0. The number of methoxy groups -OCH3 is 1. The molecular weight excluding hydrogens is 256 g/mol. The number of ether oxygens (including phenoxy) is 1. The van der Waals surface area contributed by atoms with Crippen molar-refractivity contribution in [2.24, 2.45) is 0 Å². The zero-order valence-electron chi connectivity index (χ0n) is 11.0. The summed E-state index contributed by atoms with van der Waals surface area (Å²) in [6.07, 6.45) is -0.00723. The van der Waals surface area contributed by atoms with Crippen LogP contribution < -0.4 is 10.6 Å². The van der Waals surface area contributed by atoms with E-state index in [1.54, 1.807) is 0 Å². The Morgan fingerprint density at radius 2 is 1.90 bits per heavy atom. The number of benzene rings is 2. The van der Waals surface area contributed by atoms with Gasteiger partial charge in [-0.05, 0) is 17.5 Å². The Hall–Kier alpha value is -2.56. The second kappa shape index (κ2) is 4.85. The Labute approximate surface area is 115 Å². The van der Waals surface area contributed by atoms with Gasteiger partial charge in [-0.3, -0.25) is 9.59 Å². The van der Waals surface area contributed by atoms with E-state index < -0.39 is 12.0 Å². The highest BCUT2D eigenvalue weighted by atomic mass is 16.5. The van der Waals surface area contributed by atoms with Crippen LogP contribution in [0, 0.1) is 0 Å². The van der Waals surface area contributed by atoms with Crippen LogP contribution in [0.1, 0.15) is 6.42 Å². The van der Waals surface area contributed by atoms with Gasteiger partial charge in [0.25, 0.3) is 0 Å². The van der Waals surface area contributed by atoms with E-state index in [-0.39, 0.29) is 12.3 Å². The van der Waals surface area contributed by atoms with Gasteiger partial charge in [-0.25, -0.2) is 0 Å². The summed E-state index contributed by atoms with van der Waals surface area (Å²) in [5.41, 5.74) is 1.59. The number of hydrogen-bond acceptors (Lipinski definition) is 4. The van der Waals surface area contributed by atoms with Gasteiger partial charge >= 0.3 is 5.97 Å². The fourth-order valence-electron chi connectivity index (χ4n) is 2.43. The first-order valence-electron chi connectivity index (χ1n) is 6.35. The number of esters is 1. The number of nitrogens with one attached hydrogen (secondary N) is 2. The molecule has 2 aromatic rings. The molecule has 2 N–H and O–H groups in total. The van der Waals surface area contributed by atoms with E-state index >= 15 is 0 Å². The van der Waals surface area contributed by atoms with Crippen molar-refractivity contribution >= 4 is 34.0 Å². The van der Waals surface area contributed by atoms with Crippen LogP contribution in [0.5, 0.6) is 0 Å². The molecule has 1 heterocycles. The maximum Gasteiger partial charge on any atom is 0.308 e. The molecular formula is C15H14N2O3. The lowest BCUT2D eigenvalue weighted by molar-refractivity contribution is -0.142. The summed E-state index contributed by atoms with van der Waals surface area (Å²) in [6, 6.07) is 10.9.